The predicted octanol–water partition coefficient (Wildman–Crippen LogP) is 2.09. The number of nitrogens with zero attached hydrogens (tertiary/aromatic N) is 1. The number of nitrogens with one attached hydrogen (secondary N) is 1. The van der Waals surface area contributed by atoms with Crippen molar-refractivity contribution in [1.82, 2.24) is 9.55 Å². The van der Waals surface area contributed by atoms with Crippen LogP contribution in [0.3, 0.4) is 0 Å². The Kier molecular flexibility index (Phi) is 4.83. The first-order valence-corrected chi connectivity index (χ1v) is 8.08. The second kappa shape index (κ2) is 7.21. The number of carbonyl (C=O) groups is 1. The van der Waals surface area contributed by atoms with Crippen LogP contribution in [0.2, 0.25) is 0 Å². The largest absolute Gasteiger partial charge is 0.460 e. The molecule has 0 unspecified atom stereocenters. The SMILES string of the molecule is CCc1ccc(C(=O)OCCCn2c(=O)[nH]c3ccccc3c2=O)o1. The van der Waals surface area contributed by atoms with E-state index >= 15 is 0 Å². The van der Waals surface area contributed by atoms with Crippen LogP contribution in [0.5, 0.6) is 0 Å². The molecule has 7 heteroatoms. The van der Waals surface area contributed by atoms with Crippen LogP contribution < -0.4 is 11.2 Å². The minimum absolute atomic E-state index is 0.0830. The average Bonchev–Trinajstić information content (AvgIpc) is 3.10. The number of para-hydroxylation sites is 1. The van der Waals surface area contributed by atoms with Gasteiger partial charge in [0.2, 0.25) is 5.76 Å². The lowest BCUT2D eigenvalue weighted by Crippen LogP contribution is -2.35. The number of furan rings is 1. The molecule has 2 heterocycles. The van der Waals surface area contributed by atoms with E-state index < -0.39 is 11.7 Å². The van der Waals surface area contributed by atoms with Crippen LogP contribution in [-0.4, -0.2) is 22.1 Å². The normalized spacial score (nSPS) is 10.9. The molecule has 0 aliphatic heterocycles. The molecule has 0 saturated carbocycles. The molecule has 3 aromatic rings. The van der Waals surface area contributed by atoms with E-state index in [9.17, 15) is 14.4 Å². The Balaban J connectivity index is 1.62. The fourth-order valence-electron chi connectivity index (χ4n) is 2.54. The summed E-state index contributed by atoms with van der Waals surface area (Å²) in [5, 5.41) is 0.446. The molecule has 0 atom stereocenters. The molecule has 0 bridgehead atoms. The van der Waals surface area contributed by atoms with Crippen molar-refractivity contribution in [1.29, 1.82) is 0 Å². The van der Waals surface area contributed by atoms with Gasteiger partial charge in [-0.3, -0.25) is 9.36 Å². The van der Waals surface area contributed by atoms with Gasteiger partial charge in [-0.15, -0.1) is 0 Å². The molecule has 0 aliphatic rings. The fourth-order valence-corrected chi connectivity index (χ4v) is 2.54. The summed E-state index contributed by atoms with van der Waals surface area (Å²) in [6.07, 6.45) is 1.04. The topological polar surface area (TPSA) is 94.3 Å². The molecule has 3 rings (SSSR count). The third kappa shape index (κ3) is 3.55. The fraction of sp³-hybridized carbons (Fsp3) is 0.278. The predicted molar refractivity (Wildman–Crippen MR) is 91.8 cm³/mol. The number of hydrogen-bond acceptors (Lipinski definition) is 5. The number of ether oxygens (including phenoxy) is 1. The molecule has 1 N–H and O–H groups in total. The maximum absolute atomic E-state index is 12.4. The standard InChI is InChI=1S/C18H18N2O5/c1-2-12-8-9-15(25-12)17(22)24-11-5-10-20-16(21)13-6-3-4-7-14(13)19-18(20)23/h3-4,6-9H,2,5,10-11H2,1H3,(H,19,23). The van der Waals surface area contributed by atoms with E-state index in [2.05, 4.69) is 4.98 Å². The van der Waals surface area contributed by atoms with E-state index in [0.29, 0.717) is 29.5 Å². The maximum atomic E-state index is 12.4. The van der Waals surface area contributed by atoms with Crippen molar-refractivity contribution in [2.45, 2.75) is 26.3 Å². The summed E-state index contributed by atoms with van der Waals surface area (Å²) in [7, 11) is 0. The van der Waals surface area contributed by atoms with Crippen molar-refractivity contribution >= 4 is 16.9 Å². The smallest absolute Gasteiger partial charge is 0.374 e. The summed E-state index contributed by atoms with van der Waals surface area (Å²) >= 11 is 0. The number of hydrogen-bond donors (Lipinski definition) is 1. The number of aromatic amines is 1. The van der Waals surface area contributed by atoms with Gasteiger partial charge in [0.15, 0.2) is 0 Å². The summed E-state index contributed by atoms with van der Waals surface area (Å²) < 4.78 is 11.5. The van der Waals surface area contributed by atoms with Crippen LogP contribution in [0, 0.1) is 0 Å². The highest BCUT2D eigenvalue weighted by molar-refractivity contribution is 5.86. The molecular weight excluding hydrogens is 324 g/mol. The van der Waals surface area contributed by atoms with Crippen LogP contribution in [0.15, 0.2) is 50.4 Å². The summed E-state index contributed by atoms with van der Waals surface area (Å²) in [6, 6.07) is 10.1. The molecule has 7 nitrogen and oxygen atoms in total. The van der Waals surface area contributed by atoms with E-state index in [1.807, 2.05) is 6.92 Å². The van der Waals surface area contributed by atoms with Gasteiger partial charge < -0.3 is 14.1 Å². The van der Waals surface area contributed by atoms with Gasteiger partial charge in [0.25, 0.3) is 5.56 Å². The highest BCUT2D eigenvalue weighted by atomic mass is 16.5. The number of carbonyl (C=O) groups excluding carboxylic acids is 1. The third-order valence-corrected chi connectivity index (χ3v) is 3.86. The molecule has 0 amide bonds. The van der Waals surface area contributed by atoms with Gasteiger partial charge in [-0.25, -0.2) is 9.59 Å². The van der Waals surface area contributed by atoms with Gasteiger partial charge in [-0.05, 0) is 30.7 Å². The highest BCUT2D eigenvalue weighted by Gasteiger charge is 2.12. The van der Waals surface area contributed by atoms with Gasteiger partial charge in [-0.1, -0.05) is 19.1 Å². The van der Waals surface area contributed by atoms with Crippen LogP contribution in [0.4, 0.5) is 0 Å². The number of rotatable bonds is 6. The Morgan fingerprint density at radius 2 is 2.00 bits per heavy atom. The molecule has 1 aromatic carbocycles. The second-order valence-electron chi connectivity index (χ2n) is 5.54. The Bertz CT molecular complexity index is 1010. The lowest BCUT2D eigenvalue weighted by atomic mass is 10.2. The molecule has 0 saturated heterocycles. The van der Waals surface area contributed by atoms with Crippen molar-refractivity contribution in [3.05, 3.63) is 68.8 Å². The Morgan fingerprint density at radius 1 is 1.20 bits per heavy atom. The second-order valence-corrected chi connectivity index (χ2v) is 5.54. The molecule has 0 fully saturated rings. The number of H-pyrrole nitrogens is 1. The lowest BCUT2D eigenvalue weighted by molar-refractivity contribution is 0.0457. The number of esters is 1. The van der Waals surface area contributed by atoms with Gasteiger partial charge >= 0.3 is 11.7 Å². The highest BCUT2D eigenvalue weighted by Crippen LogP contribution is 2.10. The third-order valence-electron chi connectivity index (χ3n) is 3.86. The molecule has 25 heavy (non-hydrogen) atoms. The molecule has 0 spiro atoms. The van der Waals surface area contributed by atoms with E-state index in [4.69, 9.17) is 9.15 Å². The zero-order valence-corrected chi connectivity index (χ0v) is 13.8. The van der Waals surface area contributed by atoms with Crippen molar-refractivity contribution in [2.75, 3.05) is 6.61 Å². The van der Waals surface area contributed by atoms with Crippen molar-refractivity contribution in [2.24, 2.45) is 0 Å². The minimum atomic E-state index is -0.556. The minimum Gasteiger partial charge on any atom is -0.460 e. The number of fused-ring (bicyclic) bond motifs is 1. The molecule has 2 aromatic heterocycles. The van der Waals surface area contributed by atoms with Crippen LogP contribution in [0.1, 0.15) is 29.7 Å². The zero-order valence-electron chi connectivity index (χ0n) is 13.8. The Labute approximate surface area is 142 Å². The van der Waals surface area contributed by atoms with E-state index in [-0.39, 0.29) is 24.5 Å². The van der Waals surface area contributed by atoms with E-state index in [1.54, 1.807) is 36.4 Å². The monoisotopic (exact) mass is 342 g/mol. The van der Waals surface area contributed by atoms with Crippen LogP contribution in [-0.2, 0) is 17.7 Å². The quantitative estimate of drug-likeness (QED) is 0.547. The molecular formula is C18H18N2O5. The summed E-state index contributed by atoms with van der Waals surface area (Å²) in [4.78, 5) is 38.9. The summed E-state index contributed by atoms with van der Waals surface area (Å²) in [5.74, 6) is 0.304. The first kappa shape index (κ1) is 16.8. The zero-order chi connectivity index (χ0) is 17.8. The molecule has 0 aliphatic carbocycles. The number of aryl methyl sites for hydroxylation is 1. The van der Waals surface area contributed by atoms with E-state index in [0.717, 1.165) is 4.57 Å². The van der Waals surface area contributed by atoms with Gasteiger partial charge in [-0.2, -0.15) is 0 Å². The van der Waals surface area contributed by atoms with Gasteiger partial charge in [0, 0.05) is 13.0 Å². The number of aromatic nitrogens is 2. The van der Waals surface area contributed by atoms with Crippen molar-refractivity contribution < 1.29 is 13.9 Å². The van der Waals surface area contributed by atoms with Crippen LogP contribution in [0.25, 0.3) is 10.9 Å². The Hall–Kier alpha value is -3.09. The number of benzene rings is 1. The van der Waals surface area contributed by atoms with Crippen molar-refractivity contribution in [3.8, 4) is 0 Å². The molecule has 0 radical (unpaired) electrons. The van der Waals surface area contributed by atoms with Gasteiger partial charge in [0.05, 0.1) is 17.5 Å². The first-order chi connectivity index (χ1) is 12.1. The van der Waals surface area contributed by atoms with Gasteiger partial charge in [0.1, 0.15) is 5.76 Å². The lowest BCUT2D eigenvalue weighted by Gasteiger charge is -2.07. The van der Waals surface area contributed by atoms with Crippen LogP contribution >= 0.6 is 0 Å². The maximum Gasteiger partial charge on any atom is 0.374 e. The average molecular weight is 342 g/mol. The summed E-state index contributed by atoms with van der Waals surface area (Å²) in [5.41, 5.74) is -0.331. The molecule has 130 valence electrons. The van der Waals surface area contributed by atoms with E-state index in [1.165, 1.54) is 0 Å². The van der Waals surface area contributed by atoms with Crippen molar-refractivity contribution in [3.63, 3.8) is 0 Å². The summed E-state index contributed by atoms with van der Waals surface area (Å²) in [6.45, 7) is 2.16. The first-order valence-electron chi connectivity index (χ1n) is 8.08. The Morgan fingerprint density at radius 3 is 2.76 bits per heavy atom.